The molecule has 0 atom stereocenters. The van der Waals surface area contributed by atoms with Gasteiger partial charge in [-0.1, -0.05) is 229 Å². The Kier molecular flexibility index (Phi) is 16.6. The minimum Gasteiger partial charge on any atom is -0.354 e. The standard InChI is InChI=1S/C30H29NS.C22H13NS.C8H17I.CH3F.CH4/c1-2-3-4-5-6-11-20-31-27-14-9-7-12-21(27)23-16-19-26-24(29(23)31)17-18-25-22-13-8-10-15-28(22)32-30(25)26;1-3-7-19-13(5-1)15-9-12-18-16(21(15)23-19)10-11-17-14-6-2-4-8-20(14)24-22(17)18;1-2-3-4-5-6-7-8-9;1-2;/h7-10,12-19H,2-6,11,20H2,1H3;1-12,23H;2-8H2,1H3;1H3;1H4/i;;;1D;. The summed E-state index contributed by atoms with van der Waals surface area (Å²) in [6.07, 6.45) is 16.5. The zero-order valence-corrected chi connectivity index (χ0v) is 42.8. The predicted molar refractivity (Wildman–Crippen MR) is 315 cm³/mol. The van der Waals surface area contributed by atoms with Gasteiger partial charge in [0, 0.05) is 101 Å². The van der Waals surface area contributed by atoms with Gasteiger partial charge in [0.2, 0.25) is 0 Å². The molecule has 0 saturated carbocycles. The molecule has 0 aliphatic heterocycles. The number of aromatic amines is 1. The summed E-state index contributed by atoms with van der Waals surface area (Å²) >= 11 is 6.27. The highest BCUT2D eigenvalue weighted by Gasteiger charge is 2.17. The number of nitrogens with one attached hydrogen (secondary N) is 1. The topological polar surface area (TPSA) is 20.7 Å². The number of unbranched alkanes of at least 4 members (excludes halogenated alkanes) is 10. The van der Waals surface area contributed by atoms with Crippen molar-refractivity contribution in [2.45, 2.75) is 105 Å². The molecule has 0 unspecified atom stereocenters. The summed E-state index contributed by atoms with van der Waals surface area (Å²) < 4.78 is 25.0. The molecule has 0 saturated heterocycles. The lowest BCUT2D eigenvalue weighted by Gasteiger charge is -2.10. The van der Waals surface area contributed by atoms with E-state index >= 15 is 0 Å². The first-order chi connectivity index (χ1) is 33.6. The van der Waals surface area contributed by atoms with Gasteiger partial charge < -0.3 is 9.55 Å². The molecule has 6 heteroatoms. The first-order valence-electron chi connectivity index (χ1n) is 25.2. The van der Waals surface area contributed by atoms with E-state index in [1.807, 2.05) is 22.7 Å². The third-order valence-electron chi connectivity index (χ3n) is 13.5. The molecule has 0 aliphatic rings. The van der Waals surface area contributed by atoms with Crippen molar-refractivity contribution in [2.75, 3.05) is 11.6 Å². The molecule has 0 radical (unpaired) electrons. The monoisotopic (exact) mass is 1050 g/mol. The van der Waals surface area contributed by atoms with E-state index < -0.39 is 7.15 Å². The first kappa shape index (κ1) is 48.0. The van der Waals surface area contributed by atoms with Gasteiger partial charge in [0.1, 0.15) is 0 Å². The normalized spacial score (nSPS) is 11.6. The second-order valence-electron chi connectivity index (χ2n) is 17.8. The van der Waals surface area contributed by atoms with Gasteiger partial charge in [-0.25, -0.2) is 0 Å². The van der Waals surface area contributed by atoms with Crippen molar-refractivity contribution in [3.05, 3.63) is 146 Å². The van der Waals surface area contributed by atoms with Crippen LogP contribution in [0, 0.1) is 0 Å². The maximum Gasteiger partial charge on any atom is 0.0785 e. The molecule has 12 rings (SSSR count). The van der Waals surface area contributed by atoms with E-state index in [4.69, 9.17) is 1.37 Å². The van der Waals surface area contributed by atoms with Crippen LogP contribution in [-0.2, 0) is 6.54 Å². The van der Waals surface area contributed by atoms with E-state index in [9.17, 15) is 4.39 Å². The van der Waals surface area contributed by atoms with Crippen LogP contribution in [0.5, 0.6) is 0 Å². The quantitative estimate of drug-likeness (QED) is 0.0675. The molecule has 4 heterocycles. The molecule has 68 heavy (non-hydrogen) atoms. The molecule has 4 aromatic heterocycles. The highest BCUT2D eigenvalue weighted by molar-refractivity contribution is 14.1. The molecular formula is C62H66FIN2S2. The van der Waals surface area contributed by atoms with Crippen LogP contribution in [-0.4, -0.2) is 21.1 Å². The molecule has 1 N–H and O–H groups in total. The van der Waals surface area contributed by atoms with E-state index in [2.05, 4.69) is 192 Å². The van der Waals surface area contributed by atoms with Crippen molar-refractivity contribution in [1.29, 1.82) is 0 Å². The van der Waals surface area contributed by atoms with Crippen molar-refractivity contribution >= 4 is 151 Å². The number of hydrogen-bond donors (Lipinski definition) is 1. The second kappa shape index (κ2) is 23.5. The van der Waals surface area contributed by atoms with Gasteiger partial charge in [-0.3, -0.25) is 4.39 Å². The number of nitrogens with zero attached hydrogens (tertiary/aromatic N) is 1. The van der Waals surface area contributed by atoms with Crippen molar-refractivity contribution in [3.8, 4) is 0 Å². The molecule has 0 aliphatic carbocycles. The van der Waals surface area contributed by atoms with Crippen molar-refractivity contribution < 1.29 is 5.76 Å². The van der Waals surface area contributed by atoms with E-state index in [-0.39, 0.29) is 7.43 Å². The smallest absolute Gasteiger partial charge is 0.0785 e. The summed E-state index contributed by atoms with van der Waals surface area (Å²) in [5.41, 5.74) is 5.24. The Bertz CT molecular complexity index is 3480. The maximum atomic E-state index is 9.96. The van der Waals surface area contributed by atoms with Gasteiger partial charge in [0.15, 0.2) is 0 Å². The highest BCUT2D eigenvalue weighted by Crippen LogP contribution is 2.43. The van der Waals surface area contributed by atoms with E-state index in [1.165, 1.54) is 187 Å². The maximum absolute atomic E-state index is 9.96. The number of hydrogen-bond acceptors (Lipinski definition) is 2. The highest BCUT2D eigenvalue weighted by atomic mass is 127. The lowest BCUT2D eigenvalue weighted by atomic mass is 10.0. The number of fused-ring (bicyclic) bond motifs is 18. The molecule has 0 fully saturated rings. The fraction of sp³-hybridized carbons (Fsp3) is 0.290. The van der Waals surface area contributed by atoms with Crippen molar-refractivity contribution in [1.82, 2.24) is 9.55 Å². The number of rotatable bonds is 13. The molecule has 0 bridgehead atoms. The minimum atomic E-state index is -1.00. The van der Waals surface area contributed by atoms with Gasteiger partial charge in [0.25, 0.3) is 0 Å². The number of halogens is 2. The Morgan fingerprint density at radius 1 is 0.471 bits per heavy atom. The van der Waals surface area contributed by atoms with Crippen LogP contribution in [0.15, 0.2) is 146 Å². The SMILES string of the molecule is C.CCCCCCCCI.CCCCCCCCn1c2ccccc2c2ccc3c(ccc4c5ccccc5sc43)c21.[2H]CF.c1ccc2c(c1)[nH]c1c2ccc2c1ccc1c3ccccc3sc12. The van der Waals surface area contributed by atoms with E-state index in [1.54, 1.807) is 0 Å². The largest absolute Gasteiger partial charge is 0.354 e. The number of H-pyrrole nitrogens is 1. The van der Waals surface area contributed by atoms with Gasteiger partial charge in [-0.05, 0) is 41.5 Å². The summed E-state index contributed by atoms with van der Waals surface area (Å²) in [7, 11) is -1.00. The molecule has 0 amide bonds. The number of benzene rings is 8. The van der Waals surface area contributed by atoms with Crippen LogP contribution in [0.4, 0.5) is 4.39 Å². The zero-order valence-electron chi connectivity index (χ0n) is 40.0. The van der Waals surface area contributed by atoms with Crippen LogP contribution < -0.4 is 0 Å². The second-order valence-corrected chi connectivity index (χ2v) is 21.0. The van der Waals surface area contributed by atoms with Crippen LogP contribution in [0.1, 0.15) is 99.7 Å². The minimum absolute atomic E-state index is 0. The molecule has 0 spiro atoms. The van der Waals surface area contributed by atoms with E-state index in [0.717, 1.165) is 6.54 Å². The summed E-state index contributed by atoms with van der Waals surface area (Å²) in [5.74, 6) is 0. The molecule has 8 aromatic carbocycles. The van der Waals surface area contributed by atoms with Crippen LogP contribution in [0.2, 0.25) is 0 Å². The van der Waals surface area contributed by atoms with Gasteiger partial charge in [0.05, 0.1) is 19.6 Å². The van der Waals surface area contributed by atoms with Crippen molar-refractivity contribution in [3.63, 3.8) is 0 Å². The van der Waals surface area contributed by atoms with Crippen molar-refractivity contribution in [2.24, 2.45) is 0 Å². The van der Waals surface area contributed by atoms with Gasteiger partial charge in [-0.15, -0.1) is 22.7 Å². The lowest BCUT2D eigenvalue weighted by molar-refractivity contribution is 0.571. The Morgan fingerprint density at radius 3 is 1.47 bits per heavy atom. The summed E-state index contributed by atoms with van der Waals surface area (Å²) in [4.78, 5) is 3.62. The number of aryl methyl sites for hydroxylation is 1. The Balaban J connectivity index is 0.000000153. The molecule has 350 valence electrons. The third-order valence-corrected chi connectivity index (χ3v) is 16.7. The zero-order chi connectivity index (χ0) is 46.8. The number of thiophene rings is 2. The van der Waals surface area contributed by atoms with Crippen LogP contribution >= 0.6 is 45.3 Å². The summed E-state index contributed by atoms with van der Waals surface area (Å²) in [6.45, 7) is 5.65. The first-order valence-corrected chi connectivity index (χ1v) is 27.6. The average Bonchev–Trinajstić information content (AvgIpc) is 4.15. The van der Waals surface area contributed by atoms with Crippen LogP contribution in [0.3, 0.4) is 0 Å². The molecule has 12 aromatic rings. The number of alkyl halides is 2. The van der Waals surface area contributed by atoms with Crippen LogP contribution in [0.25, 0.3) is 106 Å². The van der Waals surface area contributed by atoms with Gasteiger partial charge >= 0.3 is 0 Å². The predicted octanol–water partition coefficient (Wildman–Crippen LogP) is 21.5. The average molecular weight is 1050 g/mol. The summed E-state index contributed by atoms with van der Waals surface area (Å²) in [5, 5.41) is 16.3. The Labute approximate surface area is 425 Å². The third kappa shape index (κ3) is 9.88. The lowest BCUT2D eigenvalue weighted by Crippen LogP contribution is -1.98. The van der Waals surface area contributed by atoms with Gasteiger partial charge in [-0.2, -0.15) is 0 Å². The fourth-order valence-electron chi connectivity index (χ4n) is 10.2. The number of para-hydroxylation sites is 2. The Morgan fingerprint density at radius 2 is 0.882 bits per heavy atom. The fourth-order valence-corrected chi connectivity index (χ4v) is 13.2. The van der Waals surface area contributed by atoms with E-state index in [0.29, 0.717) is 0 Å². The molecule has 2 nitrogen and oxygen atoms in total. The Hall–Kier alpha value is -5.02. The number of aromatic nitrogens is 2. The molecular weight excluding hydrogens is 983 g/mol. The summed E-state index contributed by atoms with van der Waals surface area (Å²) in [6, 6.07) is 53.5.